The van der Waals surface area contributed by atoms with Crippen molar-refractivity contribution in [3.8, 4) is 11.4 Å². The Labute approximate surface area is 148 Å². The van der Waals surface area contributed by atoms with E-state index >= 15 is 0 Å². The monoisotopic (exact) mass is 360 g/mol. The number of amides is 1. The lowest BCUT2D eigenvalue weighted by Crippen LogP contribution is -2.16. The van der Waals surface area contributed by atoms with Crippen LogP contribution in [0.25, 0.3) is 11.4 Å². The van der Waals surface area contributed by atoms with Crippen molar-refractivity contribution in [2.75, 3.05) is 5.32 Å². The summed E-state index contributed by atoms with van der Waals surface area (Å²) >= 11 is 5.85. The highest BCUT2D eigenvalue weighted by molar-refractivity contribution is 6.31. The van der Waals surface area contributed by atoms with Crippen LogP contribution < -0.4 is 5.32 Å². The van der Waals surface area contributed by atoms with E-state index in [1.807, 2.05) is 13.0 Å². The van der Waals surface area contributed by atoms with Crippen LogP contribution in [0.4, 0.5) is 10.2 Å². The van der Waals surface area contributed by atoms with Crippen LogP contribution in [0, 0.1) is 26.6 Å². The molecule has 6 nitrogen and oxygen atoms in total. The molecule has 8 heteroatoms. The van der Waals surface area contributed by atoms with E-state index in [9.17, 15) is 9.18 Å². The van der Waals surface area contributed by atoms with Crippen LogP contribution in [0.15, 0.2) is 28.8 Å². The maximum absolute atomic E-state index is 13.9. The Balaban J connectivity index is 2.05. The van der Waals surface area contributed by atoms with Crippen molar-refractivity contribution in [2.24, 2.45) is 0 Å². The second-order valence-corrected chi connectivity index (χ2v) is 5.96. The highest BCUT2D eigenvalue weighted by atomic mass is 35.5. The van der Waals surface area contributed by atoms with E-state index in [-0.39, 0.29) is 16.4 Å². The van der Waals surface area contributed by atoms with Crippen molar-refractivity contribution in [3.05, 3.63) is 57.8 Å². The number of pyridine rings is 1. The van der Waals surface area contributed by atoms with E-state index in [1.165, 1.54) is 12.1 Å². The van der Waals surface area contributed by atoms with Gasteiger partial charge in [0.2, 0.25) is 11.7 Å². The van der Waals surface area contributed by atoms with Crippen molar-refractivity contribution in [3.63, 3.8) is 0 Å². The first kappa shape index (κ1) is 17.0. The number of aryl methyl sites for hydroxylation is 3. The van der Waals surface area contributed by atoms with E-state index in [1.54, 1.807) is 13.8 Å². The number of halogens is 2. The van der Waals surface area contributed by atoms with Crippen molar-refractivity contribution in [1.29, 1.82) is 0 Å². The highest BCUT2D eigenvalue weighted by Gasteiger charge is 2.20. The second-order valence-electron chi connectivity index (χ2n) is 5.52. The SMILES string of the molecule is Cc1cc(C)c(-c2noc(C)n2)c(NC(=O)c2cc(Cl)ccc2F)n1. The molecule has 1 N–H and O–H groups in total. The largest absolute Gasteiger partial charge is 0.339 e. The molecule has 0 unspecified atom stereocenters. The van der Waals surface area contributed by atoms with Gasteiger partial charge in [-0.1, -0.05) is 16.8 Å². The molecule has 2 heterocycles. The molecule has 0 spiro atoms. The van der Waals surface area contributed by atoms with Gasteiger partial charge in [0.15, 0.2) is 0 Å². The number of aromatic nitrogens is 3. The van der Waals surface area contributed by atoms with Gasteiger partial charge in [0.25, 0.3) is 5.91 Å². The van der Waals surface area contributed by atoms with Crippen LogP contribution in [-0.4, -0.2) is 21.0 Å². The van der Waals surface area contributed by atoms with E-state index in [4.69, 9.17) is 16.1 Å². The van der Waals surface area contributed by atoms with Gasteiger partial charge in [-0.3, -0.25) is 4.79 Å². The molecule has 3 aromatic rings. The number of hydrogen-bond acceptors (Lipinski definition) is 5. The van der Waals surface area contributed by atoms with E-state index < -0.39 is 11.7 Å². The van der Waals surface area contributed by atoms with Gasteiger partial charge >= 0.3 is 0 Å². The van der Waals surface area contributed by atoms with Crippen LogP contribution in [0.5, 0.6) is 0 Å². The number of rotatable bonds is 3. The third-order valence-electron chi connectivity index (χ3n) is 3.50. The summed E-state index contributed by atoms with van der Waals surface area (Å²) in [5.74, 6) is -0.442. The van der Waals surface area contributed by atoms with Crippen LogP contribution in [-0.2, 0) is 0 Å². The molecule has 0 atom stereocenters. The number of anilines is 1. The third-order valence-corrected chi connectivity index (χ3v) is 3.74. The van der Waals surface area contributed by atoms with E-state index in [2.05, 4.69) is 20.4 Å². The first-order valence-corrected chi connectivity index (χ1v) is 7.78. The summed E-state index contributed by atoms with van der Waals surface area (Å²) < 4.78 is 18.9. The average molecular weight is 361 g/mol. The smallest absolute Gasteiger partial charge is 0.259 e. The molecule has 3 rings (SSSR count). The lowest BCUT2D eigenvalue weighted by molar-refractivity contribution is 0.102. The van der Waals surface area contributed by atoms with Gasteiger partial charge in [-0.05, 0) is 43.7 Å². The van der Waals surface area contributed by atoms with Gasteiger partial charge in [-0.2, -0.15) is 4.98 Å². The molecule has 0 saturated carbocycles. The molecular weight excluding hydrogens is 347 g/mol. The fourth-order valence-corrected chi connectivity index (χ4v) is 2.63. The quantitative estimate of drug-likeness (QED) is 0.760. The predicted molar refractivity (Wildman–Crippen MR) is 91.1 cm³/mol. The Kier molecular flexibility index (Phi) is 4.50. The normalized spacial score (nSPS) is 10.8. The zero-order valence-corrected chi connectivity index (χ0v) is 14.5. The highest BCUT2D eigenvalue weighted by Crippen LogP contribution is 2.29. The molecule has 1 aromatic carbocycles. The molecule has 0 aliphatic carbocycles. The van der Waals surface area contributed by atoms with Gasteiger partial charge in [-0.15, -0.1) is 0 Å². The summed E-state index contributed by atoms with van der Waals surface area (Å²) in [6, 6.07) is 5.59. The predicted octanol–water partition coefficient (Wildman–Crippen LogP) is 4.10. The fourth-order valence-electron chi connectivity index (χ4n) is 2.46. The number of benzene rings is 1. The summed E-state index contributed by atoms with van der Waals surface area (Å²) in [5.41, 5.74) is 1.82. The van der Waals surface area contributed by atoms with Gasteiger partial charge < -0.3 is 9.84 Å². The molecule has 0 radical (unpaired) electrons. The lowest BCUT2D eigenvalue weighted by Gasteiger charge is -2.12. The Hall–Kier alpha value is -2.80. The van der Waals surface area contributed by atoms with Crippen LogP contribution >= 0.6 is 11.6 Å². The molecule has 0 aliphatic rings. The first-order valence-electron chi connectivity index (χ1n) is 7.40. The van der Waals surface area contributed by atoms with E-state index in [0.29, 0.717) is 23.0 Å². The Morgan fingerprint density at radius 3 is 2.64 bits per heavy atom. The van der Waals surface area contributed by atoms with Gasteiger partial charge in [0, 0.05) is 17.6 Å². The van der Waals surface area contributed by atoms with Gasteiger partial charge in [0.05, 0.1) is 11.1 Å². The molecule has 0 fully saturated rings. The maximum atomic E-state index is 13.9. The van der Waals surface area contributed by atoms with Crippen molar-refractivity contribution >= 4 is 23.3 Å². The van der Waals surface area contributed by atoms with Crippen LogP contribution in [0.3, 0.4) is 0 Å². The zero-order chi connectivity index (χ0) is 18.1. The molecule has 25 heavy (non-hydrogen) atoms. The maximum Gasteiger partial charge on any atom is 0.259 e. The molecular formula is C17H14ClFN4O2. The minimum Gasteiger partial charge on any atom is -0.339 e. The summed E-state index contributed by atoms with van der Waals surface area (Å²) in [7, 11) is 0. The summed E-state index contributed by atoms with van der Waals surface area (Å²) in [6.45, 7) is 5.28. The average Bonchev–Trinajstić information content (AvgIpc) is 2.95. The molecule has 1 amide bonds. The topological polar surface area (TPSA) is 80.9 Å². The minimum atomic E-state index is -0.678. The van der Waals surface area contributed by atoms with Crippen molar-refractivity contribution in [1.82, 2.24) is 15.1 Å². The third kappa shape index (κ3) is 3.51. The Morgan fingerprint density at radius 2 is 1.96 bits per heavy atom. The van der Waals surface area contributed by atoms with Gasteiger partial charge in [0.1, 0.15) is 11.6 Å². The second kappa shape index (κ2) is 6.60. The van der Waals surface area contributed by atoms with Crippen LogP contribution in [0.1, 0.15) is 27.5 Å². The summed E-state index contributed by atoms with van der Waals surface area (Å²) in [5, 5.41) is 6.75. The van der Waals surface area contributed by atoms with Crippen molar-refractivity contribution in [2.45, 2.75) is 20.8 Å². The molecule has 2 aromatic heterocycles. The lowest BCUT2D eigenvalue weighted by atomic mass is 10.1. The number of nitrogens with one attached hydrogen (secondary N) is 1. The number of carbonyl (C=O) groups is 1. The summed E-state index contributed by atoms with van der Waals surface area (Å²) in [4.78, 5) is 21.0. The molecule has 128 valence electrons. The fraction of sp³-hybridized carbons (Fsp3) is 0.176. The van der Waals surface area contributed by atoms with E-state index in [0.717, 1.165) is 11.6 Å². The number of hydrogen-bond donors (Lipinski definition) is 1. The zero-order valence-electron chi connectivity index (χ0n) is 13.7. The Bertz CT molecular complexity index is 971. The standard InChI is InChI=1S/C17H14ClFN4O2/c1-8-6-9(2)20-15(14(8)16-21-10(3)25-23-16)22-17(24)12-7-11(18)4-5-13(12)19/h4-7H,1-3H3,(H,20,22,24). The van der Waals surface area contributed by atoms with Crippen LogP contribution in [0.2, 0.25) is 5.02 Å². The Morgan fingerprint density at radius 1 is 1.20 bits per heavy atom. The summed E-state index contributed by atoms with van der Waals surface area (Å²) in [6.07, 6.45) is 0. The number of carbonyl (C=O) groups excluding carboxylic acids is 1. The number of nitrogens with zero attached hydrogens (tertiary/aromatic N) is 3. The molecule has 0 saturated heterocycles. The molecule has 0 aliphatic heterocycles. The first-order chi connectivity index (χ1) is 11.8. The van der Waals surface area contributed by atoms with Gasteiger partial charge in [-0.25, -0.2) is 9.37 Å². The molecule has 0 bridgehead atoms. The van der Waals surface area contributed by atoms with Crippen molar-refractivity contribution < 1.29 is 13.7 Å². The minimum absolute atomic E-state index is 0.177.